The zero-order valence-electron chi connectivity index (χ0n) is 8.91. The lowest BCUT2D eigenvalue weighted by Crippen LogP contribution is -2.22. The molecule has 84 valence electrons. The molecule has 1 N–H and O–H groups in total. The fourth-order valence-corrected chi connectivity index (χ4v) is 1.92. The maximum absolute atomic E-state index is 11.6. The molecule has 3 nitrogen and oxygen atoms in total. The molecule has 0 fully saturated rings. The van der Waals surface area contributed by atoms with Gasteiger partial charge in [0, 0.05) is 0 Å². The van der Waals surface area contributed by atoms with Crippen molar-refractivity contribution in [3.63, 3.8) is 0 Å². The van der Waals surface area contributed by atoms with E-state index < -0.39 is 15.3 Å². The smallest absolute Gasteiger partial charge is 0.235 e. The van der Waals surface area contributed by atoms with Crippen molar-refractivity contribution in [3.8, 4) is 0 Å². The minimum Gasteiger partial charge on any atom is -0.282 e. The minimum absolute atomic E-state index is 0.407. The van der Waals surface area contributed by atoms with Crippen molar-refractivity contribution in [3.05, 3.63) is 28.8 Å². The van der Waals surface area contributed by atoms with Gasteiger partial charge in [0.25, 0.3) is 0 Å². The Morgan fingerprint density at radius 2 is 1.93 bits per heavy atom. The lowest BCUT2D eigenvalue weighted by atomic mass is 10.2. The Hall–Kier alpha value is -0.740. The third-order valence-electron chi connectivity index (χ3n) is 1.99. The van der Waals surface area contributed by atoms with Gasteiger partial charge in [-0.1, -0.05) is 17.7 Å². The third kappa shape index (κ3) is 3.11. The summed E-state index contributed by atoms with van der Waals surface area (Å²) in [6.07, 6.45) is 0. The number of benzene rings is 1. The van der Waals surface area contributed by atoms with E-state index in [1.807, 2.05) is 13.0 Å². The van der Waals surface area contributed by atoms with E-state index in [0.29, 0.717) is 10.7 Å². The van der Waals surface area contributed by atoms with Crippen LogP contribution >= 0.6 is 11.6 Å². The minimum atomic E-state index is -3.32. The average Bonchev–Trinajstić information content (AvgIpc) is 2.10. The van der Waals surface area contributed by atoms with Gasteiger partial charge in [0.15, 0.2) is 0 Å². The summed E-state index contributed by atoms with van der Waals surface area (Å²) in [4.78, 5) is 0. The van der Waals surface area contributed by atoms with Gasteiger partial charge in [-0.25, -0.2) is 8.42 Å². The summed E-state index contributed by atoms with van der Waals surface area (Å²) in [5, 5.41) is -0.0705. The molecule has 1 rings (SSSR count). The number of sulfonamides is 1. The monoisotopic (exact) mass is 247 g/mol. The van der Waals surface area contributed by atoms with Crippen LogP contribution in [0.2, 0.25) is 5.02 Å². The lowest BCUT2D eigenvalue weighted by Gasteiger charge is -2.12. The number of hydrogen-bond donors (Lipinski definition) is 1. The number of aryl methyl sites for hydroxylation is 1. The summed E-state index contributed by atoms with van der Waals surface area (Å²) < 4.78 is 25.7. The summed E-state index contributed by atoms with van der Waals surface area (Å²) in [6.45, 7) is 5.11. The first-order valence-corrected chi connectivity index (χ1v) is 6.53. The zero-order valence-corrected chi connectivity index (χ0v) is 10.5. The van der Waals surface area contributed by atoms with Gasteiger partial charge in [0.1, 0.15) is 0 Å². The van der Waals surface area contributed by atoms with Gasteiger partial charge in [-0.2, -0.15) is 0 Å². The topological polar surface area (TPSA) is 46.2 Å². The second kappa shape index (κ2) is 4.41. The highest BCUT2D eigenvalue weighted by atomic mass is 35.5. The van der Waals surface area contributed by atoms with E-state index in [4.69, 9.17) is 11.6 Å². The molecule has 0 aliphatic carbocycles. The van der Waals surface area contributed by atoms with Crippen molar-refractivity contribution in [2.45, 2.75) is 26.0 Å². The van der Waals surface area contributed by atoms with Gasteiger partial charge in [0.05, 0.1) is 16.0 Å². The number of rotatable bonds is 3. The SMILES string of the molecule is Cc1ccc(Cl)c(NS(=O)(=O)C(C)C)c1. The van der Waals surface area contributed by atoms with Gasteiger partial charge >= 0.3 is 0 Å². The molecule has 0 heterocycles. The van der Waals surface area contributed by atoms with Crippen LogP contribution in [0.15, 0.2) is 18.2 Å². The van der Waals surface area contributed by atoms with Crippen LogP contribution in [-0.2, 0) is 10.0 Å². The summed E-state index contributed by atoms with van der Waals surface area (Å²) in [6, 6.07) is 5.22. The maximum Gasteiger partial charge on any atom is 0.235 e. The van der Waals surface area contributed by atoms with Crippen molar-refractivity contribution in [2.75, 3.05) is 4.72 Å². The van der Waals surface area contributed by atoms with Gasteiger partial charge in [0.2, 0.25) is 10.0 Å². The predicted molar refractivity (Wildman–Crippen MR) is 63.9 cm³/mol. The highest BCUT2D eigenvalue weighted by molar-refractivity contribution is 7.93. The van der Waals surface area contributed by atoms with E-state index >= 15 is 0 Å². The quantitative estimate of drug-likeness (QED) is 0.893. The highest BCUT2D eigenvalue weighted by Gasteiger charge is 2.16. The molecule has 0 aliphatic rings. The third-order valence-corrected chi connectivity index (χ3v) is 4.07. The summed E-state index contributed by atoms with van der Waals surface area (Å²) in [5.41, 5.74) is 1.39. The maximum atomic E-state index is 11.6. The predicted octanol–water partition coefficient (Wildman–Crippen LogP) is 2.80. The van der Waals surface area contributed by atoms with Gasteiger partial charge in [-0.15, -0.1) is 0 Å². The summed E-state index contributed by atoms with van der Waals surface area (Å²) in [7, 11) is -3.32. The van der Waals surface area contributed by atoms with Gasteiger partial charge in [-0.05, 0) is 38.5 Å². The van der Waals surface area contributed by atoms with Crippen LogP contribution in [0.4, 0.5) is 5.69 Å². The largest absolute Gasteiger partial charge is 0.282 e. The fraction of sp³-hybridized carbons (Fsp3) is 0.400. The molecule has 0 bridgehead atoms. The van der Waals surface area contributed by atoms with Crippen LogP contribution in [0.25, 0.3) is 0 Å². The van der Waals surface area contributed by atoms with Crippen LogP contribution in [0.3, 0.4) is 0 Å². The molecule has 0 atom stereocenters. The Bertz CT molecular complexity index is 454. The van der Waals surface area contributed by atoms with Crippen LogP contribution in [0, 0.1) is 6.92 Å². The first-order chi connectivity index (χ1) is 6.83. The fourth-order valence-electron chi connectivity index (χ4n) is 0.988. The van der Waals surface area contributed by atoms with Crippen LogP contribution in [-0.4, -0.2) is 13.7 Å². The van der Waals surface area contributed by atoms with Crippen molar-refractivity contribution >= 4 is 27.3 Å². The normalized spacial score (nSPS) is 11.8. The van der Waals surface area contributed by atoms with E-state index in [9.17, 15) is 8.42 Å². The molecular formula is C10H14ClNO2S. The van der Waals surface area contributed by atoms with Gasteiger partial charge in [-0.3, -0.25) is 4.72 Å². The molecule has 0 saturated carbocycles. The molecule has 0 amide bonds. The average molecular weight is 248 g/mol. The van der Waals surface area contributed by atoms with Gasteiger partial charge < -0.3 is 0 Å². The molecular weight excluding hydrogens is 234 g/mol. The van der Waals surface area contributed by atoms with E-state index in [0.717, 1.165) is 5.56 Å². The van der Waals surface area contributed by atoms with Crippen LogP contribution in [0.5, 0.6) is 0 Å². The van der Waals surface area contributed by atoms with Crippen molar-refractivity contribution in [1.29, 1.82) is 0 Å². The Labute approximate surface area is 95.5 Å². The van der Waals surface area contributed by atoms with Crippen molar-refractivity contribution in [2.24, 2.45) is 0 Å². The second-order valence-corrected chi connectivity index (χ2v) is 6.32. The molecule has 1 aromatic carbocycles. The van der Waals surface area contributed by atoms with Crippen LogP contribution < -0.4 is 4.72 Å². The number of nitrogens with one attached hydrogen (secondary N) is 1. The number of halogens is 1. The van der Waals surface area contributed by atoms with Crippen molar-refractivity contribution < 1.29 is 8.42 Å². The number of hydrogen-bond acceptors (Lipinski definition) is 2. The molecule has 0 spiro atoms. The molecule has 0 radical (unpaired) electrons. The number of anilines is 1. The highest BCUT2D eigenvalue weighted by Crippen LogP contribution is 2.24. The molecule has 15 heavy (non-hydrogen) atoms. The molecule has 0 saturated heterocycles. The molecule has 0 aliphatic heterocycles. The Balaban J connectivity index is 3.05. The first-order valence-electron chi connectivity index (χ1n) is 4.60. The molecule has 0 unspecified atom stereocenters. The molecule has 1 aromatic rings. The lowest BCUT2D eigenvalue weighted by molar-refractivity contribution is 0.593. The molecule has 0 aromatic heterocycles. The first kappa shape index (κ1) is 12.3. The standard InChI is InChI=1S/C10H14ClNO2S/c1-7(2)15(13,14)12-10-6-8(3)4-5-9(10)11/h4-7,12H,1-3H3. The Morgan fingerprint density at radius 1 is 1.33 bits per heavy atom. The van der Waals surface area contributed by atoms with Crippen LogP contribution in [0.1, 0.15) is 19.4 Å². The van der Waals surface area contributed by atoms with E-state index in [1.165, 1.54) is 0 Å². The molecule has 5 heteroatoms. The summed E-state index contributed by atoms with van der Waals surface area (Å²) in [5.74, 6) is 0. The zero-order chi connectivity index (χ0) is 11.6. The Kier molecular flexibility index (Phi) is 3.62. The van der Waals surface area contributed by atoms with E-state index in [1.54, 1.807) is 26.0 Å². The second-order valence-electron chi connectivity index (χ2n) is 3.68. The Morgan fingerprint density at radius 3 is 2.47 bits per heavy atom. The summed E-state index contributed by atoms with van der Waals surface area (Å²) >= 11 is 5.88. The van der Waals surface area contributed by atoms with Crippen molar-refractivity contribution in [1.82, 2.24) is 0 Å². The van der Waals surface area contributed by atoms with E-state index in [-0.39, 0.29) is 0 Å². The van der Waals surface area contributed by atoms with E-state index in [2.05, 4.69) is 4.72 Å².